The van der Waals surface area contributed by atoms with Crippen molar-refractivity contribution in [1.82, 2.24) is 10.3 Å². The van der Waals surface area contributed by atoms with Gasteiger partial charge >= 0.3 is 0 Å². The van der Waals surface area contributed by atoms with Gasteiger partial charge in [-0.2, -0.15) is 0 Å². The molecule has 8 heteroatoms. The summed E-state index contributed by atoms with van der Waals surface area (Å²) in [5, 5.41) is 4.95. The zero-order chi connectivity index (χ0) is 19.6. The van der Waals surface area contributed by atoms with E-state index in [1.165, 1.54) is 49.6 Å². The molecule has 0 bridgehead atoms. The van der Waals surface area contributed by atoms with Crippen molar-refractivity contribution in [3.63, 3.8) is 0 Å². The highest BCUT2D eigenvalue weighted by Gasteiger charge is 2.11. The third-order valence-electron chi connectivity index (χ3n) is 3.76. The monoisotopic (exact) mass is 374 g/mol. The molecular weight excluding hydrogens is 356 g/mol. The number of nitrogens with two attached hydrogens (primary N) is 1. The van der Waals surface area contributed by atoms with Crippen LogP contribution < -0.4 is 15.8 Å². The molecule has 0 unspecified atom stereocenters. The first-order valence-corrected chi connectivity index (χ1v) is 8.40. The predicted molar refractivity (Wildman–Crippen MR) is 110 cm³/mol. The minimum atomic E-state index is -0.593. The van der Waals surface area contributed by atoms with E-state index in [1.807, 2.05) is 18.2 Å². The second-order valence-corrected chi connectivity index (χ2v) is 5.53. The number of aromatic nitrogens is 1. The van der Waals surface area contributed by atoms with Gasteiger partial charge in [-0.05, 0) is 29.7 Å². The van der Waals surface area contributed by atoms with E-state index in [4.69, 9.17) is 10.5 Å². The largest absolute Gasteiger partial charge is 0.463 e. The van der Waals surface area contributed by atoms with Crippen LogP contribution in [0.5, 0.6) is 5.75 Å². The van der Waals surface area contributed by atoms with Gasteiger partial charge in [0.15, 0.2) is 0 Å². The van der Waals surface area contributed by atoms with Gasteiger partial charge in [0, 0.05) is 60.9 Å². The number of fused-ring (bicyclic) bond motifs is 3. The van der Waals surface area contributed by atoms with Crippen molar-refractivity contribution in [1.29, 1.82) is 0 Å². The van der Waals surface area contributed by atoms with Crippen LogP contribution >= 0.6 is 0 Å². The fourth-order valence-electron chi connectivity index (χ4n) is 2.48. The van der Waals surface area contributed by atoms with Crippen LogP contribution in [0.4, 0.5) is 0 Å². The number of nitrogens with one attached hydrogen (secondary N) is 1. The van der Waals surface area contributed by atoms with Gasteiger partial charge < -0.3 is 15.8 Å². The minimum Gasteiger partial charge on any atom is -0.463 e. The summed E-state index contributed by atoms with van der Waals surface area (Å²) in [4.78, 5) is 27.9. The molecule has 1 aliphatic heterocycles. The van der Waals surface area contributed by atoms with Crippen LogP contribution in [0.25, 0.3) is 10.8 Å². The van der Waals surface area contributed by atoms with Gasteiger partial charge in [0.2, 0.25) is 0 Å². The lowest BCUT2D eigenvalue weighted by molar-refractivity contribution is -0.114. The molecule has 1 aromatic heterocycles. The number of ether oxygens (including phenoxy) is 1. The highest BCUT2D eigenvalue weighted by molar-refractivity contribution is 6.16. The average molecular weight is 374 g/mol. The Labute approximate surface area is 161 Å². The predicted octanol–water partition coefficient (Wildman–Crippen LogP) is 2.24. The van der Waals surface area contributed by atoms with E-state index in [-0.39, 0.29) is 5.70 Å². The average Bonchev–Trinajstić information content (AvgIpc) is 2.71. The molecule has 1 amide bonds. The normalized spacial score (nSPS) is 14.6. The molecule has 0 radical (unpaired) electrons. The molecule has 8 nitrogen and oxygen atoms in total. The van der Waals surface area contributed by atoms with E-state index in [2.05, 4.69) is 25.3 Å². The minimum absolute atomic E-state index is 0.223. The molecule has 0 saturated carbocycles. The van der Waals surface area contributed by atoms with Crippen LogP contribution in [0.2, 0.25) is 0 Å². The number of pyridine rings is 1. The molecule has 0 spiro atoms. The molecule has 2 heterocycles. The summed E-state index contributed by atoms with van der Waals surface area (Å²) in [5.74, 6) is 0.0267. The molecule has 3 rings (SSSR count). The van der Waals surface area contributed by atoms with Crippen LogP contribution in [0, 0.1) is 0 Å². The van der Waals surface area contributed by atoms with Crippen molar-refractivity contribution in [2.24, 2.45) is 20.7 Å². The lowest BCUT2D eigenvalue weighted by atomic mass is 10.1. The van der Waals surface area contributed by atoms with Gasteiger partial charge in [0.1, 0.15) is 17.7 Å². The molecule has 0 aliphatic carbocycles. The number of hydrogen-bond acceptors (Lipinski definition) is 7. The third-order valence-corrected chi connectivity index (χ3v) is 3.76. The van der Waals surface area contributed by atoms with Crippen LogP contribution in [-0.4, -0.2) is 29.5 Å². The van der Waals surface area contributed by atoms with Gasteiger partial charge in [-0.1, -0.05) is 0 Å². The molecule has 2 aromatic rings. The van der Waals surface area contributed by atoms with Gasteiger partial charge in [-0.3, -0.25) is 24.8 Å². The number of allylic oxidation sites excluding steroid dienone is 1. The second-order valence-electron chi connectivity index (χ2n) is 5.53. The fourth-order valence-corrected chi connectivity index (χ4v) is 2.48. The summed E-state index contributed by atoms with van der Waals surface area (Å²) in [7, 11) is 0. The molecule has 28 heavy (non-hydrogen) atoms. The van der Waals surface area contributed by atoms with Crippen LogP contribution in [0.15, 0.2) is 82.2 Å². The molecule has 0 saturated heterocycles. The number of benzene rings is 1. The molecule has 1 aliphatic rings. The maximum absolute atomic E-state index is 11.7. The second kappa shape index (κ2) is 9.58. The fraction of sp³-hybridized carbons (Fsp3) is 0.0500. The highest BCUT2D eigenvalue weighted by Crippen LogP contribution is 2.28. The number of nitrogens with zero attached hydrogens (tertiary/aromatic N) is 4. The van der Waals surface area contributed by atoms with Gasteiger partial charge in [0.25, 0.3) is 5.91 Å². The zero-order valence-electron chi connectivity index (χ0n) is 14.9. The van der Waals surface area contributed by atoms with E-state index < -0.39 is 5.91 Å². The van der Waals surface area contributed by atoms with Gasteiger partial charge in [-0.15, -0.1) is 0 Å². The lowest BCUT2D eigenvalue weighted by Crippen LogP contribution is -2.26. The maximum Gasteiger partial charge on any atom is 0.264 e. The quantitative estimate of drug-likeness (QED) is 0.796. The number of aliphatic imine (C=N–C) groups is 3. The Kier molecular flexibility index (Phi) is 6.40. The van der Waals surface area contributed by atoms with Crippen molar-refractivity contribution in [2.75, 3.05) is 0 Å². The molecule has 3 N–H and O–H groups in total. The first kappa shape index (κ1) is 18.7. The first-order valence-electron chi connectivity index (χ1n) is 8.40. The van der Waals surface area contributed by atoms with Crippen molar-refractivity contribution in [2.45, 2.75) is 6.54 Å². The van der Waals surface area contributed by atoms with E-state index in [0.29, 0.717) is 12.3 Å². The zero-order valence-corrected chi connectivity index (χ0v) is 14.9. The SMILES string of the molecule is NC(=O)C1=CC=NC=CN=CC=NC=COc2ccc3cnccc3c2CN1. The summed E-state index contributed by atoms with van der Waals surface area (Å²) in [6, 6.07) is 5.64. The Bertz CT molecular complexity index is 1030. The van der Waals surface area contributed by atoms with Crippen LogP contribution in [0.3, 0.4) is 0 Å². The summed E-state index contributed by atoms with van der Waals surface area (Å²) >= 11 is 0. The highest BCUT2D eigenvalue weighted by atomic mass is 16.5. The topological polar surface area (TPSA) is 114 Å². The Morgan fingerprint density at radius 2 is 1.82 bits per heavy atom. The number of carbonyl (C=O) groups is 1. The van der Waals surface area contributed by atoms with E-state index in [1.54, 1.807) is 12.4 Å². The summed E-state index contributed by atoms with van der Waals surface area (Å²) < 4.78 is 5.74. The molecular formula is C20H18N6O2. The number of rotatable bonds is 1. The molecule has 0 fully saturated rings. The Hall–Kier alpha value is -4.07. The van der Waals surface area contributed by atoms with E-state index >= 15 is 0 Å². The number of hydrogen-bond donors (Lipinski definition) is 2. The van der Waals surface area contributed by atoms with Gasteiger partial charge in [-0.25, -0.2) is 0 Å². The van der Waals surface area contributed by atoms with Crippen LogP contribution in [-0.2, 0) is 11.3 Å². The van der Waals surface area contributed by atoms with Crippen molar-refractivity contribution in [3.8, 4) is 5.75 Å². The molecule has 1 aromatic carbocycles. The Morgan fingerprint density at radius 3 is 2.64 bits per heavy atom. The number of primary amides is 1. The van der Waals surface area contributed by atoms with Crippen LogP contribution in [0.1, 0.15) is 5.56 Å². The summed E-state index contributed by atoms with van der Waals surface area (Å²) in [6.45, 7) is 0.315. The Balaban J connectivity index is 2.02. The smallest absolute Gasteiger partial charge is 0.264 e. The van der Waals surface area contributed by atoms with Gasteiger partial charge in [0.05, 0.1) is 6.20 Å². The maximum atomic E-state index is 11.7. The lowest BCUT2D eigenvalue weighted by Gasteiger charge is -2.14. The van der Waals surface area contributed by atoms with E-state index in [0.717, 1.165) is 16.3 Å². The summed E-state index contributed by atoms with van der Waals surface area (Å²) in [6.07, 6.45) is 15.4. The first-order chi connectivity index (χ1) is 13.8. The Morgan fingerprint density at radius 1 is 1.04 bits per heavy atom. The van der Waals surface area contributed by atoms with E-state index in [9.17, 15) is 4.79 Å². The summed E-state index contributed by atoms with van der Waals surface area (Å²) in [5.41, 5.74) is 6.53. The van der Waals surface area contributed by atoms with Crippen molar-refractivity contribution >= 4 is 35.3 Å². The molecule has 140 valence electrons. The number of carbonyl (C=O) groups excluding carboxylic acids is 1. The number of amides is 1. The molecule has 0 atom stereocenters. The van der Waals surface area contributed by atoms with Crippen molar-refractivity contribution < 1.29 is 9.53 Å². The standard InChI is InChI=1S/C20H18N6O2/c21-20(27)18-4-6-22-7-8-23-9-10-24-11-12-28-19-2-1-15-13-25-5-3-16(15)17(19)14-26-18/h1-13,26H,14H2,(H2,21,27). The third kappa shape index (κ3) is 4.98. The van der Waals surface area contributed by atoms with Crippen molar-refractivity contribution in [3.05, 3.63) is 72.8 Å².